The summed E-state index contributed by atoms with van der Waals surface area (Å²) in [6.07, 6.45) is -2.63. The van der Waals surface area contributed by atoms with Crippen molar-refractivity contribution in [2.24, 2.45) is 7.05 Å². The van der Waals surface area contributed by atoms with Crippen molar-refractivity contribution in [2.75, 3.05) is 5.75 Å². The molecule has 0 spiro atoms. The number of alkyl halides is 2. The number of sulfone groups is 1. The van der Waals surface area contributed by atoms with Crippen LogP contribution < -0.4 is 0 Å². The first-order valence-corrected chi connectivity index (χ1v) is 8.90. The number of aromatic nitrogens is 1. The zero-order valence-corrected chi connectivity index (χ0v) is 14.0. The topological polar surface area (TPSA) is 56.1 Å². The molecule has 136 valence electrons. The van der Waals surface area contributed by atoms with Crippen molar-refractivity contribution < 1.29 is 30.8 Å². The number of hydrogen-bond acceptors (Lipinski definition) is 3. The molecule has 0 saturated carbocycles. The lowest BCUT2D eigenvalue weighted by Gasteiger charge is -2.03. The van der Waals surface area contributed by atoms with E-state index in [-0.39, 0.29) is 22.6 Å². The lowest BCUT2D eigenvalue weighted by molar-refractivity contribution is 0.0985. The number of carbonyl (C=O) groups excluding carboxylic acids is 1. The van der Waals surface area contributed by atoms with Gasteiger partial charge < -0.3 is 4.57 Å². The molecule has 0 bridgehead atoms. The number of nitrogens with zero attached hydrogens (tertiary/aromatic N) is 1. The number of Topliss-reactive ketones (excluding diaryl/α,β-unsaturated/α-hetero) is 1. The van der Waals surface area contributed by atoms with Crippen LogP contribution in [0.1, 0.15) is 22.5 Å². The van der Waals surface area contributed by atoms with E-state index in [0.29, 0.717) is 0 Å². The van der Waals surface area contributed by atoms with Gasteiger partial charge in [0.15, 0.2) is 27.3 Å². The molecule has 0 unspecified atom stereocenters. The second-order valence-electron chi connectivity index (χ2n) is 5.52. The van der Waals surface area contributed by atoms with E-state index in [2.05, 4.69) is 0 Å². The molecule has 2 rings (SSSR count). The minimum Gasteiger partial charge on any atom is -0.347 e. The highest BCUT2D eigenvalue weighted by Gasteiger charge is 2.22. The van der Waals surface area contributed by atoms with Crippen molar-refractivity contribution in [3.63, 3.8) is 0 Å². The van der Waals surface area contributed by atoms with Crippen LogP contribution in [0.3, 0.4) is 0 Å². The summed E-state index contributed by atoms with van der Waals surface area (Å²) in [5.74, 6) is -3.37. The molecule has 0 aliphatic rings. The van der Waals surface area contributed by atoms with Gasteiger partial charge in [0, 0.05) is 26.1 Å². The predicted octanol–water partition coefficient (Wildman–Crippen LogP) is 3.16. The highest BCUT2D eigenvalue weighted by Crippen LogP contribution is 2.19. The Bertz CT molecular complexity index is 891. The predicted molar refractivity (Wildman–Crippen MR) is 82.5 cm³/mol. The number of hydrogen-bond donors (Lipinski definition) is 0. The minimum absolute atomic E-state index is 0.0281. The van der Waals surface area contributed by atoms with Gasteiger partial charge in [0.2, 0.25) is 6.43 Å². The Balaban J connectivity index is 2.21. The first-order valence-electron chi connectivity index (χ1n) is 7.24. The molecule has 0 fully saturated rings. The van der Waals surface area contributed by atoms with Gasteiger partial charge in [0.25, 0.3) is 0 Å². The fraction of sp³-hybridized carbons (Fsp3) is 0.312. The third-order valence-corrected chi connectivity index (χ3v) is 5.29. The molecule has 2 aromatic rings. The van der Waals surface area contributed by atoms with Crippen molar-refractivity contribution in [1.29, 1.82) is 0 Å². The van der Waals surface area contributed by atoms with E-state index in [0.717, 1.165) is 18.2 Å². The van der Waals surface area contributed by atoms with E-state index in [1.165, 1.54) is 23.9 Å². The molecule has 1 heterocycles. The van der Waals surface area contributed by atoms with Gasteiger partial charge in [-0.3, -0.25) is 4.79 Å². The SMILES string of the molecule is Cn1cc(S(=O)(=O)CCC(F)F)cc1C(=O)Cc1ccc(F)c(F)c1. The molecular formula is C16H15F4NO3S. The van der Waals surface area contributed by atoms with Crippen LogP contribution in [0, 0.1) is 11.6 Å². The summed E-state index contributed by atoms with van der Waals surface area (Å²) in [5, 5.41) is 0. The van der Waals surface area contributed by atoms with Crippen LogP contribution >= 0.6 is 0 Å². The standard InChI is InChI=1S/C16H15F4NO3S/c1-21-9-11(25(23,24)5-4-16(19)20)8-14(21)15(22)7-10-2-3-12(17)13(18)6-10/h2-3,6,8-9,16H,4-5,7H2,1H3. The lowest BCUT2D eigenvalue weighted by Crippen LogP contribution is -2.09. The molecule has 0 radical (unpaired) electrons. The molecule has 4 nitrogen and oxygen atoms in total. The molecule has 1 aromatic carbocycles. The van der Waals surface area contributed by atoms with Crippen molar-refractivity contribution in [2.45, 2.75) is 24.2 Å². The molecule has 0 atom stereocenters. The number of aryl methyl sites for hydroxylation is 1. The summed E-state index contributed by atoms with van der Waals surface area (Å²) in [6, 6.07) is 4.13. The zero-order valence-electron chi connectivity index (χ0n) is 13.2. The maximum atomic E-state index is 13.2. The average Bonchev–Trinajstić information content (AvgIpc) is 2.92. The first kappa shape index (κ1) is 19.2. The fourth-order valence-corrected chi connectivity index (χ4v) is 3.60. The molecule has 1 aromatic heterocycles. The highest BCUT2D eigenvalue weighted by molar-refractivity contribution is 7.91. The smallest absolute Gasteiger partial charge is 0.239 e. The lowest BCUT2D eigenvalue weighted by atomic mass is 10.1. The monoisotopic (exact) mass is 377 g/mol. The third-order valence-electron chi connectivity index (χ3n) is 3.58. The van der Waals surface area contributed by atoms with Crippen molar-refractivity contribution in [3.05, 3.63) is 53.4 Å². The second-order valence-corrected chi connectivity index (χ2v) is 7.63. The molecule has 0 N–H and O–H groups in total. The van der Waals surface area contributed by atoms with Crippen LogP contribution in [0.4, 0.5) is 17.6 Å². The number of carbonyl (C=O) groups is 1. The number of halogens is 4. The Labute approximate surface area is 142 Å². The van der Waals surface area contributed by atoms with E-state index in [1.54, 1.807) is 0 Å². The first-order chi connectivity index (χ1) is 11.6. The van der Waals surface area contributed by atoms with Crippen molar-refractivity contribution in [3.8, 4) is 0 Å². The van der Waals surface area contributed by atoms with Gasteiger partial charge in [-0.15, -0.1) is 0 Å². The molecular weight excluding hydrogens is 362 g/mol. The molecule has 9 heteroatoms. The Morgan fingerprint density at radius 2 is 1.84 bits per heavy atom. The third kappa shape index (κ3) is 4.68. The molecule has 25 heavy (non-hydrogen) atoms. The van der Waals surface area contributed by atoms with E-state index in [1.807, 2.05) is 0 Å². The number of rotatable bonds is 7. The largest absolute Gasteiger partial charge is 0.347 e. The zero-order chi connectivity index (χ0) is 18.8. The van der Waals surface area contributed by atoms with Gasteiger partial charge in [-0.2, -0.15) is 0 Å². The van der Waals surface area contributed by atoms with Crippen molar-refractivity contribution >= 4 is 15.6 Å². The fourth-order valence-electron chi connectivity index (χ4n) is 2.27. The summed E-state index contributed by atoms with van der Waals surface area (Å²) in [6.45, 7) is 0. The van der Waals surface area contributed by atoms with E-state index in [9.17, 15) is 30.8 Å². The van der Waals surface area contributed by atoms with Gasteiger partial charge in [-0.1, -0.05) is 6.07 Å². The van der Waals surface area contributed by atoms with Gasteiger partial charge in [-0.05, 0) is 23.8 Å². The van der Waals surface area contributed by atoms with E-state index < -0.39 is 45.9 Å². The van der Waals surface area contributed by atoms with Crippen LogP contribution in [0.5, 0.6) is 0 Å². The van der Waals surface area contributed by atoms with Crippen LogP contribution in [0.15, 0.2) is 35.4 Å². The van der Waals surface area contributed by atoms with E-state index >= 15 is 0 Å². The van der Waals surface area contributed by atoms with Crippen molar-refractivity contribution in [1.82, 2.24) is 4.57 Å². The molecule has 0 aliphatic heterocycles. The Hall–Kier alpha value is -2.16. The van der Waals surface area contributed by atoms with Gasteiger partial charge in [0.1, 0.15) is 0 Å². The summed E-state index contributed by atoms with van der Waals surface area (Å²) in [7, 11) is -2.50. The molecule has 0 aliphatic carbocycles. The second kappa shape index (κ2) is 7.38. The van der Waals surface area contributed by atoms with Crippen LogP contribution in [0.25, 0.3) is 0 Å². The Morgan fingerprint density at radius 3 is 2.44 bits per heavy atom. The van der Waals surface area contributed by atoms with Crippen LogP contribution in [0.2, 0.25) is 0 Å². The normalized spacial score (nSPS) is 11.9. The van der Waals surface area contributed by atoms with Crippen LogP contribution in [-0.2, 0) is 23.3 Å². The van der Waals surface area contributed by atoms with Gasteiger partial charge in [0.05, 0.1) is 16.3 Å². The summed E-state index contributed by atoms with van der Waals surface area (Å²) < 4.78 is 75.8. The van der Waals surface area contributed by atoms with E-state index in [4.69, 9.17) is 0 Å². The Kier molecular flexibility index (Phi) is 5.66. The quantitative estimate of drug-likeness (QED) is 0.550. The Morgan fingerprint density at radius 1 is 1.16 bits per heavy atom. The highest BCUT2D eigenvalue weighted by atomic mass is 32.2. The number of benzene rings is 1. The minimum atomic E-state index is -3.94. The maximum absolute atomic E-state index is 13.2. The molecule has 0 amide bonds. The molecule has 0 saturated heterocycles. The average molecular weight is 377 g/mol. The van der Waals surface area contributed by atoms with Gasteiger partial charge in [-0.25, -0.2) is 26.0 Å². The van der Waals surface area contributed by atoms with Crippen LogP contribution in [-0.4, -0.2) is 30.9 Å². The van der Waals surface area contributed by atoms with Gasteiger partial charge >= 0.3 is 0 Å². The summed E-state index contributed by atoms with van der Waals surface area (Å²) >= 11 is 0. The number of ketones is 1. The summed E-state index contributed by atoms with van der Waals surface area (Å²) in [4.78, 5) is 12.1. The maximum Gasteiger partial charge on any atom is 0.239 e. The summed E-state index contributed by atoms with van der Waals surface area (Å²) in [5.41, 5.74) is 0.257.